The molecule has 2 aromatic carbocycles. The van der Waals surface area contributed by atoms with Crippen LogP contribution in [0, 0.1) is 5.92 Å². The molecule has 2 saturated heterocycles. The summed E-state index contributed by atoms with van der Waals surface area (Å²) in [7, 11) is 0. The molecule has 0 saturated carbocycles. The number of nitrogens with two attached hydrogens (primary N) is 1. The van der Waals surface area contributed by atoms with E-state index in [-0.39, 0.29) is 5.91 Å². The van der Waals surface area contributed by atoms with Crippen molar-refractivity contribution in [3.05, 3.63) is 54.1 Å². The molecular formula is C29H38FN3O3. The van der Waals surface area contributed by atoms with E-state index in [9.17, 15) is 14.0 Å². The molecule has 2 N–H and O–H groups in total. The minimum atomic E-state index is -1.15. The fraction of sp³-hybridized carbons (Fsp3) is 0.517. The Morgan fingerprint density at radius 1 is 0.944 bits per heavy atom. The number of halogens is 1. The van der Waals surface area contributed by atoms with E-state index >= 15 is 0 Å². The number of rotatable bonds is 8. The summed E-state index contributed by atoms with van der Waals surface area (Å²) in [6.45, 7) is 6.82. The van der Waals surface area contributed by atoms with E-state index in [1.54, 1.807) is 18.7 Å². The largest absolute Gasteiger partial charge is 0.493 e. The number of likely N-dealkylation sites (tertiary alicyclic amines) is 2. The predicted octanol–water partition coefficient (Wildman–Crippen LogP) is 4.67. The van der Waals surface area contributed by atoms with Gasteiger partial charge in [-0.25, -0.2) is 4.39 Å². The SMILES string of the molecule is CC(C)(F)CN1CCC(COc2ccc(-c3ccc(C(=O)N4CCCC[C@@H]4C(N)=O)cc3)cc2)CC1. The van der Waals surface area contributed by atoms with E-state index in [0.717, 1.165) is 55.6 Å². The Hall–Kier alpha value is -2.93. The van der Waals surface area contributed by atoms with Gasteiger partial charge >= 0.3 is 0 Å². The molecule has 4 rings (SSSR count). The highest BCUT2D eigenvalue weighted by Gasteiger charge is 2.31. The fourth-order valence-corrected chi connectivity index (χ4v) is 5.24. The first-order valence-corrected chi connectivity index (χ1v) is 13.0. The molecule has 2 aliphatic rings. The lowest BCUT2D eigenvalue weighted by Gasteiger charge is -2.34. The molecule has 0 unspecified atom stereocenters. The van der Waals surface area contributed by atoms with Gasteiger partial charge in [-0.15, -0.1) is 0 Å². The average molecular weight is 496 g/mol. The Morgan fingerprint density at radius 3 is 2.14 bits per heavy atom. The Bertz CT molecular complexity index is 1030. The predicted molar refractivity (Wildman–Crippen MR) is 140 cm³/mol. The molecular weight excluding hydrogens is 457 g/mol. The van der Waals surface area contributed by atoms with Crippen molar-refractivity contribution in [3.8, 4) is 16.9 Å². The smallest absolute Gasteiger partial charge is 0.254 e. The summed E-state index contributed by atoms with van der Waals surface area (Å²) in [6, 6.07) is 14.9. The lowest BCUT2D eigenvalue weighted by molar-refractivity contribution is -0.123. The maximum atomic E-state index is 13.9. The number of alkyl halides is 1. The second-order valence-electron chi connectivity index (χ2n) is 10.8. The van der Waals surface area contributed by atoms with Crippen molar-refractivity contribution < 1.29 is 18.7 Å². The number of amides is 2. The van der Waals surface area contributed by atoms with E-state index < -0.39 is 17.6 Å². The molecule has 36 heavy (non-hydrogen) atoms. The number of primary amides is 1. The molecule has 0 radical (unpaired) electrons. The number of hydrogen-bond acceptors (Lipinski definition) is 4. The molecule has 0 spiro atoms. The average Bonchev–Trinajstić information content (AvgIpc) is 2.87. The third-order valence-corrected chi connectivity index (χ3v) is 7.20. The van der Waals surface area contributed by atoms with Crippen LogP contribution in [0.1, 0.15) is 56.3 Å². The van der Waals surface area contributed by atoms with Gasteiger partial charge < -0.3 is 20.3 Å². The summed E-state index contributed by atoms with van der Waals surface area (Å²) < 4.78 is 19.9. The van der Waals surface area contributed by atoms with Crippen LogP contribution in [-0.2, 0) is 4.79 Å². The van der Waals surface area contributed by atoms with E-state index in [0.29, 0.717) is 37.6 Å². The zero-order valence-corrected chi connectivity index (χ0v) is 21.4. The van der Waals surface area contributed by atoms with Crippen LogP contribution in [0.4, 0.5) is 4.39 Å². The second kappa shape index (κ2) is 11.4. The summed E-state index contributed by atoms with van der Waals surface area (Å²) in [5, 5.41) is 0. The Labute approximate surface area is 213 Å². The van der Waals surface area contributed by atoms with Crippen LogP contribution in [0.2, 0.25) is 0 Å². The van der Waals surface area contributed by atoms with Crippen molar-refractivity contribution in [2.24, 2.45) is 11.7 Å². The van der Waals surface area contributed by atoms with Gasteiger partial charge in [-0.1, -0.05) is 24.3 Å². The van der Waals surface area contributed by atoms with Crippen LogP contribution < -0.4 is 10.5 Å². The molecule has 194 valence electrons. The highest BCUT2D eigenvalue weighted by molar-refractivity contribution is 5.97. The van der Waals surface area contributed by atoms with Crippen LogP contribution in [0.3, 0.4) is 0 Å². The van der Waals surface area contributed by atoms with Crippen molar-refractivity contribution in [2.45, 2.75) is 57.7 Å². The summed E-state index contributed by atoms with van der Waals surface area (Å²) in [5.74, 6) is 0.740. The number of benzene rings is 2. The summed E-state index contributed by atoms with van der Waals surface area (Å²) >= 11 is 0. The Kier molecular flexibility index (Phi) is 8.29. The summed E-state index contributed by atoms with van der Waals surface area (Å²) in [6.07, 6.45) is 4.48. The summed E-state index contributed by atoms with van der Waals surface area (Å²) in [5.41, 5.74) is 6.97. The van der Waals surface area contributed by atoms with Gasteiger partial charge in [-0.05, 0) is 100 Å². The molecule has 0 aromatic heterocycles. The highest BCUT2D eigenvalue weighted by Crippen LogP contribution is 2.26. The molecule has 6 nitrogen and oxygen atoms in total. The van der Waals surface area contributed by atoms with Gasteiger partial charge in [-0.3, -0.25) is 9.59 Å². The van der Waals surface area contributed by atoms with Gasteiger partial charge in [0, 0.05) is 18.7 Å². The maximum Gasteiger partial charge on any atom is 0.254 e. The molecule has 1 atom stereocenters. The number of hydrogen-bond donors (Lipinski definition) is 1. The van der Waals surface area contributed by atoms with Gasteiger partial charge in [0.1, 0.15) is 17.5 Å². The van der Waals surface area contributed by atoms with Gasteiger partial charge in [-0.2, -0.15) is 0 Å². The lowest BCUT2D eigenvalue weighted by atomic mass is 9.97. The quantitative estimate of drug-likeness (QED) is 0.577. The zero-order chi connectivity index (χ0) is 25.7. The van der Waals surface area contributed by atoms with Gasteiger partial charge in [0.2, 0.25) is 5.91 Å². The van der Waals surface area contributed by atoms with Crippen molar-refractivity contribution in [3.63, 3.8) is 0 Å². The van der Waals surface area contributed by atoms with Crippen LogP contribution in [0.15, 0.2) is 48.5 Å². The first-order valence-electron chi connectivity index (χ1n) is 13.0. The number of nitrogens with zero attached hydrogens (tertiary/aromatic N) is 2. The van der Waals surface area contributed by atoms with Gasteiger partial charge in [0.15, 0.2) is 0 Å². The maximum absolute atomic E-state index is 13.9. The topological polar surface area (TPSA) is 75.9 Å². The van der Waals surface area contributed by atoms with Crippen molar-refractivity contribution >= 4 is 11.8 Å². The number of carbonyl (C=O) groups excluding carboxylic acids is 2. The van der Waals surface area contributed by atoms with E-state index in [4.69, 9.17) is 10.5 Å². The zero-order valence-electron chi connectivity index (χ0n) is 21.4. The van der Waals surface area contributed by atoms with Gasteiger partial charge in [0.25, 0.3) is 5.91 Å². The molecule has 0 bridgehead atoms. The molecule has 2 aromatic rings. The molecule has 2 aliphatic heterocycles. The highest BCUT2D eigenvalue weighted by atomic mass is 19.1. The van der Waals surface area contributed by atoms with E-state index in [1.807, 2.05) is 48.5 Å². The third-order valence-electron chi connectivity index (χ3n) is 7.20. The molecule has 2 heterocycles. The monoisotopic (exact) mass is 495 g/mol. The van der Waals surface area contributed by atoms with Crippen LogP contribution in [0.5, 0.6) is 5.75 Å². The Morgan fingerprint density at radius 2 is 1.56 bits per heavy atom. The fourth-order valence-electron chi connectivity index (χ4n) is 5.24. The number of piperidine rings is 2. The summed E-state index contributed by atoms with van der Waals surface area (Å²) in [4.78, 5) is 28.5. The number of carbonyl (C=O) groups is 2. The van der Waals surface area contributed by atoms with Crippen molar-refractivity contribution in [1.82, 2.24) is 9.80 Å². The molecule has 7 heteroatoms. The van der Waals surface area contributed by atoms with Crippen LogP contribution >= 0.6 is 0 Å². The van der Waals surface area contributed by atoms with Crippen LogP contribution in [-0.4, -0.2) is 66.1 Å². The minimum Gasteiger partial charge on any atom is -0.493 e. The second-order valence-corrected chi connectivity index (χ2v) is 10.8. The first-order chi connectivity index (χ1) is 17.2. The molecule has 2 amide bonds. The van der Waals surface area contributed by atoms with E-state index in [2.05, 4.69) is 4.90 Å². The molecule has 2 fully saturated rings. The third kappa shape index (κ3) is 6.84. The van der Waals surface area contributed by atoms with Crippen LogP contribution in [0.25, 0.3) is 11.1 Å². The Balaban J connectivity index is 1.29. The van der Waals surface area contributed by atoms with Crippen molar-refractivity contribution in [2.75, 3.05) is 32.8 Å². The lowest BCUT2D eigenvalue weighted by Crippen LogP contribution is -2.50. The van der Waals surface area contributed by atoms with Crippen molar-refractivity contribution in [1.29, 1.82) is 0 Å². The minimum absolute atomic E-state index is 0.145. The van der Waals surface area contributed by atoms with E-state index in [1.165, 1.54) is 0 Å². The molecule has 0 aliphatic carbocycles. The standard InChI is InChI=1S/C29H38FN3O3/c1-29(2,30)20-32-17-14-21(15-18-32)19-36-25-12-10-23(11-13-25)22-6-8-24(9-7-22)28(35)33-16-4-3-5-26(33)27(31)34/h6-13,21,26H,3-5,14-20H2,1-2H3,(H2,31,34)/t26-/m1/s1. The number of ether oxygens (including phenoxy) is 1. The van der Waals surface area contributed by atoms with Gasteiger partial charge in [0.05, 0.1) is 6.61 Å². The normalized spacial score (nSPS) is 19.8. The first kappa shape index (κ1) is 26.1.